The first-order valence-corrected chi connectivity index (χ1v) is 28.5. The molecule has 0 radical (unpaired) electrons. The van der Waals surface area contributed by atoms with Crippen molar-refractivity contribution < 1.29 is 19.5 Å². The van der Waals surface area contributed by atoms with Crippen molar-refractivity contribution >= 4 is 91.6 Å². The van der Waals surface area contributed by atoms with Crippen LogP contribution in [0.3, 0.4) is 0 Å². The molecule has 0 saturated carbocycles. The Balaban J connectivity index is 0.000000170. The number of aliphatic hydroxyl groups excluding tert-OH is 1. The van der Waals surface area contributed by atoms with Gasteiger partial charge in [0, 0.05) is 90.3 Å². The number of pyridine rings is 3. The van der Waals surface area contributed by atoms with Crippen molar-refractivity contribution in [2.75, 3.05) is 33.2 Å². The minimum absolute atomic E-state index is 0.0400. The van der Waals surface area contributed by atoms with Gasteiger partial charge >= 0.3 is 0 Å². The Morgan fingerprint density at radius 3 is 1.44 bits per heavy atom. The van der Waals surface area contributed by atoms with Gasteiger partial charge in [-0.05, 0) is 114 Å². The molecule has 4 N–H and O–H groups in total. The number of thioether (sulfide) groups is 3. The molecule has 0 aliphatic carbocycles. The van der Waals surface area contributed by atoms with E-state index in [2.05, 4.69) is 96.1 Å². The highest BCUT2D eigenvalue weighted by molar-refractivity contribution is 8.14. The Hall–Kier alpha value is -7.65. The largest absolute Gasteiger partial charge is 0.392 e. The van der Waals surface area contributed by atoms with E-state index in [-0.39, 0.29) is 30.1 Å². The number of aryl methyl sites for hydroxylation is 1. The maximum absolute atomic E-state index is 12.3. The molecule has 2 aliphatic rings. The molecule has 3 amide bonds. The van der Waals surface area contributed by atoms with E-state index >= 15 is 0 Å². The lowest BCUT2D eigenvalue weighted by atomic mass is 10.0. The topological polar surface area (TPSA) is 226 Å². The second kappa shape index (κ2) is 29.8. The van der Waals surface area contributed by atoms with Gasteiger partial charge in [-0.25, -0.2) is 0 Å². The number of carbonyl (C=O) groups excluding carboxylic acids is 3. The van der Waals surface area contributed by atoms with E-state index < -0.39 is 0 Å². The molecule has 0 fully saturated rings. The summed E-state index contributed by atoms with van der Waals surface area (Å²) in [6.45, 7) is 13.2. The Morgan fingerprint density at radius 2 is 1.01 bits per heavy atom. The molecule has 0 spiro atoms. The van der Waals surface area contributed by atoms with Gasteiger partial charge in [-0.15, -0.1) is 20.4 Å². The molecule has 402 valence electrons. The monoisotopic (exact) mass is 1100 g/mol. The highest BCUT2D eigenvalue weighted by Gasteiger charge is 2.19. The van der Waals surface area contributed by atoms with Gasteiger partial charge in [0.2, 0.25) is 17.7 Å². The summed E-state index contributed by atoms with van der Waals surface area (Å²) in [6.07, 6.45) is 12.6. The molecule has 0 saturated heterocycles. The lowest BCUT2D eigenvalue weighted by Gasteiger charge is -2.09. The number of nitrogens with zero attached hydrogens (tertiary/aromatic N) is 10. The highest BCUT2D eigenvalue weighted by atomic mass is 32.2. The first-order valence-electron chi connectivity index (χ1n) is 25.5. The predicted molar refractivity (Wildman–Crippen MR) is 319 cm³/mol. The zero-order valence-corrected chi connectivity index (χ0v) is 46.9. The number of hydrogen-bond acceptors (Lipinski definition) is 16. The van der Waals surface area contributed by atoms with E-state index in [1.54, 1.807) is 37.2 Å². The number of carbonyl (C=O) groups is 3. The average Bonchev–Trinajstić information content (AvgIpc) is 4.27. The van der Waals surface area contributed by atoms with Crippen LogP contribution in [0.5, 0.6) is 0 Å². The molecule has 20 heteroatoms. The van der Waals surface area contributed by atoms with E-state index in [0.29, 0.717) is 59.3 Å². The van der Waals surface area contributed by atoms with Crippen molar-refractivity contribution in [3.63, 3.8) is 0 Å². The van der Waals surface area contributed by atoms with Crippen LogP contribution in [-0.2, 0) is 34.0 Å². The zero-order valence-electron chi connectivity index (χ0n) is 44.5. The quantitative estimate of drug-likeness (QED) is 0.0589. The van der Waals surface area contributed by atoms with Gasteiger partial charge in [0.1, 0.15) is 10.1 Å². The number of amides is 3. The third-order valence-corrected chi connectivity index (χ3v) is 14.8. The molecule has 78 heavy (non-hydrogen) atoms. The van der Waals surface area contributed by atoms with E-state index in [0.717, 1.165) is 61.7 Å². The molecule has 6 heterocycles. The van der Waals surface area contributed by atoms with E-state index in [9.17, 15) is 19.5 Å². The van der Waals surface area contributed by atoms with Crippen LogP contribution < -0.4 is 16.0 Å². The van der Waals surface area contributed by atoms with E-state index in [1.165, 1.54) is 52.0 Å². The fourth-order valence-electron chi connectivity index (χ4n) is 7.54. The van der Waals surface area contributed by atoms with Crippen LogP contribution >= 0.6 is 35.3 Å². The Kier molecular flexibility index (Phi) is 22.1. The summed E-state index contributed by atoms with van der Waals surface area (Å²) in [5.74, 6) is 2.31. The van der Waals surface area contributed by atoms with Crippen molar-refractivity contribution in [1.82, 2.24) is 29.7 Å². The number of rotatable bonds is 18. The average molecular weight is 1100 g/mol. The van der Waals surface area contributed by atoms with Gasteiger partial charge in [-0.3, -0.25) is 29.3 Å². The SMILES string of the molecule is CC(C)c1ccc(NC(=O)CSC2=NN=C(c3cccnc3)C2)cc1.CCc1ccc(NC(=O)CSC2=NN=C(c3cccnc3)C2)cc1.CCn1c(SCC(=O)Nc2ccc(C(C)C)cc2)nnc1-c1cncc(CO)c1. The van der Waals surface area contributed by atoms with Gasteiger partial charge in [-0.2, -0.15) is 10.2 Å². The van der Waals surface area contributed by atoms with Crippen molar-refractivity contribution in [2.45, 2.75) is 90.9 Å². The van der Waals surface area contributed by atoms with Crippen molar-refractivity contribution in [1.29, 1.82) is 0 Å². The molecule has 3 aromatic carbocycles. The van der Waals surface area contributed by atoms with Gasteiger partial charge in [0.25, 0.3) is 0 Å². The van der Waals surface area contributed by atoms with Crippen LogP contribution in [0.15, 0.2) is 166 Å². The molecule has 0 unspecified atom stereocenters. The molecule has 4 aromatic heterocycles. The first-order chi connectivity index (χ1) is 37.9. The zero-order chi connectivity index (χ0) is 55.2. The third kappa shape index (κ3) is 17.7. The summed E-state index contributed by atoms with van der Waals surface area (Å²) in [7, 11) is 0. The molecule has 0 bridgehead atoms. The molecule has 0 atom stereocenters. The van der Waals surface area contributed by atoms with E-state index in [1.807, 2.05) is 115 Å². The standard InChI is InChI=1S/C21H25N5O2S.C19H20N4OS.C18H18N4OS/c1-4-26-20(17-9-15(12-27)10-22-11-17)24-25-21(26)29-13-19(28)23-18-7-5-16(6-8-18)14(2)3;1-13(2)14-5-7-16(8-6-14)21-18(24)12-25-19-10-17(22-23-19)15-4-3-9-20-11-15;1-2-13-5-7-15(8-6-13)20-17(23)12-24-18-10-16(21-22-18)14-4-3-9-19-11-14/h5-11,14,27H,4,12-13H2,1-3H3,(H,23,28);3-9,11,13H,10,12H2,1-2H3,(H,21,24);3-9,11H,2,10,12H2,1H3,(H,20,23). The smallest absolute Gasteiger partial charge is 0.234 e. The van der Waals surface area contributed by atoms with Crippen molar-refractivity contribution in [3.05, 3.63) is 174 Å². The number of nitrogens with one attached hydrogen (secondary N) is 3. The Labute approximate surface area is 467 Å². The van der Waals surface area contributed by atoms with Crippen LogP contribution in [0.4, 0.5) is 17.1 Å². The fourth-order valence-corrected chi connectivity index (χ4v) is 9.76. The fraction of sp³-hybridized carbons (Fsp3) is 0.276. The highest BCUT2D eigenvalue weighted by Crippen LogP contribution is 2.26. The van der Waals surface area contributed by atoms with Gasteiger partial charge in [0.15, 0.2) is 11.0 Å². The van der Waals surface area contributed by atoms with Crippen molar-refractivity contribution in [3.8, 4) is 11.4 Å². The van der Waals surface area contributed by atoms with Crippen LogP contribution in [0, 0.1) is 0 Å². The Bertz CT molecular complexity index is 3220. The maximum Gasteiger partial charge on any atom is 0.234 e. The molecule has 17 nitrogen and oxygen atoms in total. The van der Waals surface area contributed by atoms with Gasteiger partial charge in [-0.1, -0.05) is 106 Å². The summed E-state index contributed by atoms with van der Waals surface area (Å²) in [4.78, 5) is 48.8. The van der Waals surface area contributed by atoms with E-state index in [4.69, 9.17) is 0 Å². The van der Waals surface area contributed by atoms with Crippen LogP contribution in [0.2, 0.25) is 0 Å². The summed E-state index contributed by atoms with van der Waals surface area (Å²) >= 11 is 4.18. The van der Waals surface area contributed by atoms with Crippen LogP contribution in [-0.4, -0.2) is 91.3 Å². The van der Waals surface area contributed by atoms with Crippen LogP contribution in [0.25, 0.3) is 11.4 Å². The second-order valence-electron chi connectivity index (χ2n) is 18.3. The number of anilines is 3. The normalized spacial score (nSPS) is 12.6. The minimum Gasteiger partial charge on any atom is -0.392 e. The molecule has 7 aromatic rings. The minimum atomic E-state index is -0.0940. The number of benzene rings is 3. The molecular formula is C58H63N13O4S3. The third-order valence-electron chi connectivity index (χ3n) is 11.9. The maximum atomic E-state index is 12.3. The lowest BCUT2D eigenvalue weighted by Crippen LogP contribution is -2.15. The van der Waals surface area contributed by atoms with Gasteiger partial charge < -0.3 is 25.6 Å². The number of aromatic nitrogens is 6. The predicted octanol–water partition coefficient (Wildman–Crippen LogP) is 11.3. The Morgan fingerprint density at radius 1 is 0.551 bits per heavy atom. The first kappa shape index (κ1) is 58.0. The number of hydrogen-bond donors (Lipinski definition) is 4. The summed E-state index contributed by atoms with van der Waals surface area (Å²) in [6, 6.07) is 33.3. The second-order valence-corrected chi connectivity index (χ2v) is 21.4. The molecule has 9 rings (SSSR count). The molecule has 2 aliphatic heterocycles. The summed E-state index contributed by atoms with van der Waals surface area (Å²) in [5.41, 5.74) is 11.4. The van der Waals surface area contributed by atoms with Crippen LogP contribution in [0.1, 0.15) is 99.6 Å². The summed E-state index contributed by atoms with van der Waals surface area (Å²) < 4.78 is 1.94. The lowest BCUT2D eigenvalue weighted by molar-refractivity contribution is -0.114. The number of aliphatic hydroxyl groups is 1. The van der Waals surface area contributed by atoms with Gasteiger partial charge in [0.05, 0.1) is 35.3 Å². The van der Waals surface area contributed by atoms with Crippen molar-refractivity contribution in [2.24, 2.45) is 20.4 Å². The summed E-state index contributed by atoms with van der Waals surface area (Å²) in [5, 5.41) is 45.6. The molecular weight excluding hydrogens is 1040 g/mol.